The fourth-order valence-corrected chi connectivity index (χ4v) is 5.53. The molecule has 1 unspecified atom stereocenters. The molecule has 1 amide bonds. The number of aliphatic hydroxyl groups excluding tert-OH is 1. The second-order valence-corrected chi connectivity index (χ2v) is 10.3. The third-order valence-corrected chi connectivity index (χ3v) is 7.74. The fraction of sp³-hybridized carbons (Fsp3) is 0.133. The number of aliphatic hydroxyl groups is 1. The van der Waals surface area contributed by atoms with Crippen molar-refractivity contribution in [3.63, 3.8) is 0 Å². The average molecular weight is 575 g/mol. The first-order chi connectivity index (χ1) is 19.3. The maximum absolute atomic E-state index is 13.5. The van der Waals surface area contributed by atoms with Gasteiger partial charge in [0, 0.05) is 10.6 Å². The summed E-state index contributed by atoms with van der Waals surface area (Å²) in [4.78, 5) is 45.0. The number of ketones is 1. The Balaban J connectivity index is 1.62. The summed E-state index contributed by atoms with van der Waals surface area (Å²) >= 11 is 6.95. The highest BCUT2D eigenvalue weighted by Crippen LogP contribution is 2.44. The van der Waals surface area contributed by atoms with E-state index in [1.807, 2.05) is 30.3 Å². The van der Waals surface area contributed by atoms with Crippen LogP contribution in [0.3, 0.4) is 0 Å². The first-order valence-electron chi connectivity index (χ1n) is 12.2. The van der Waals surface area contributed by atoms with Crippen LogP contribution >= 0.6 is 22.9 Å². The van der Waals surface area contributed by atoms with Crippen molar-refractivity contribution >= 4 is 51.5 Å². The number of Topliss-reactive ketones (excluding diaryl/α,β-unsaturated/α-hetero) is 1. The normalized spacial score (nSPS) is 16.3. The average Bonchev–Trinajstić information content (AvgIpc) is 3.48. The Morgan fingerprint density at radius 3 is 2.48 bits per heavy atom. The summed E-state index contributed by atoms with van der Waals surface area (Å²) in [6.45, 7) is 1.92. The number of nitrogens with zero attached hydrogens (tertiary/aromatic N) is 2. The molecule has 0 saturated carbocycles. The molecule has 0 spiro atoms. The Kier molecular flexibility index (Phi) is 7.68. The van der Waals surface area contributed by atoms with E-state index in [1.54, 1.807) is 55.5 Å². The molecule has 1 N–H and O–H groups in total. The second kappa shape index (κ2) is 11.3. The van der Waals surface area contributed by atoms with Gasteiger partial charge in [-0.15, -0.1) is 0 Å². The number of halogens is 1. The van der Waals surface area contributed by atoms with E-state index < -0.39 is 23.7 Å². The number of methoxy groups -OCH3 is 1. The fourth-order valence-electron chi connectivity index (χ4n) is 4.39. The number of hydrogen-bond donors (Lipinski definition) is 1. The molecule has 1 aromatic heterocycles. The van der Waals surface area contributed by atoms with Crippen molar-refractivity contribution in [1.29, 1.82) is 0 Å². The first kappa shape index (κ1) is 27.1. The molecule has 3 aromatic carbocycles. The van der Waals surface area contributed by atoms with Crippen LogP contribution in [-0.4, -0.2) is 34.9 Å². The lowest BCUT2D eigenvalue weighted by atomic mass is 9.95. The summed E-state index contributed by atoms with van der Waals surface area (Å²) in [6.07, 6.45) is 0. The Morgan fingerprint density at radius 2 is 1.77 bits per heavy atom. The molecule has 202 valence electrons. The van der Waals surface area contributed by atoms with Crippen molar-refractivity contribution in [2.45, 2.75) is 19.6 Å². The van der Waals surface area contributed by atoms with Crippen LogP contribution in [-0.2, 0) is 20.9 Å². The predicted molar refractivity (Wildman–Crippen MR) is 152 cm³/mol. The van der Waals surface area contributed by atoms with E-state index in [0.717, 1.165) is 16.9 Å². The molecule has 0 radical (unpaired) electrons. The van der Waals surface area contributed by atoms with E-state index in [4.69, 9.17) is 21.1 Å². The molecule has 5 rings (SSSR count). The van der Waals surface area contributed by atoms with E-state index in [2.05, 4.69) is 4.98 Å². The minimum Gasteiger partial charge on any atom is -0.507 e. The van der Waals surface area contributed by atoms with Gasteiger partial charge >= 0.3 is 11.9 Å². The Hall–Kier alpha value is -4.47. The minimum atomic E-state index is -1.05. The van der Waals surface area contributed by atoms with Gasteiger partial charge in [-0.2, -0.15) is 0 Å². The lowest BCUT2D eigenvalue weighted by Crippen LogP contribution is -2.29. The van der Waals surface area contributed by atoms with E-state index in [9.17, 15) is 19.5 Å². The summed E-state index contributed by atoms with van der Waals surface area (Å²) < 4.78 is 10.8. The van der Waals surface area contributed by atoms with Gasteiger partial charge in [0.25, 0.3) is 5.78 Å². The van der Waals surface area contributed by atoms with Crippen LogP contribution in [0.25, 0.3) is 5.76 Å². The zero-order chi connectivity index (χ0) is 28.4. The van der Waals surface area contributed by atoms with Crippen molar-refractivity contribution in [2.75, 3.05) is 12.0 Å². The number of aromatic nitrogens is 1. The molecule has 1 fully saturated rings. The standard InChI is InChI=1S/C30H23ClN2O6S/c1-17-27(29(37)38-2)40-30(32-17)33-24(20-9-6-10-22(15-20)39-16-18-7-4-3-5-8-18)23(26(35)28(33)36)25(34)19-11-13-21(31)14-12-19/h3-15,24,34H,16H2,1-2H3/b25-23+. The third-order valence-electron chi connectivity index (χ3n) is 6.35. The van der Waals surface area contributed by atoms with Crippen LogP contribution in [0.15, 0.2) is 84.4 Å². The zero-order valence-electron chi connectivity index (χ0n) is 21.5. The highest BCUT2D eigenvalue weighted by Gasteiger charge is 2.48. The van der Waals surface area contributed by atoms with Crippen molar-refractivity contribution in [3.8, 4) is 5.75 Å². The summed E-state index contributed by atoms with van der Waals surface area (Å²) in [6, 6.07) is 21.8. The van der Waals surface area contributed by atoms with Gasteiger partial charge < -0.3 is 14.6 Å². The number of rotatable bonds is 7. The Labute approximate surface area is 239 Å². The zero-order valence-corrected chi connectivity index (χ0v) is 23.0. The number of benzene rings is 3. The van der Waals surface area contributed by atoms with Gasteiger partial charge in [-0.05, 0) is 54.4 Å². The van der Waals surface area contributed by atoms with Crippen molar-refractivity contribution in [3.05, 3.63) is 117 Å². The molecule has 0 aliphatic carbocycles. The van der Waals surface area contributed by atoms with Gasteiger partial charge in [0.05, 0.1) is 24.4 Å². The van der Waals surface area contributed by atoms with Crippen LogP contribution in [0.5, 0.6) is 5.75 Å². The number of carbonyl (C=O) groups excluding carboxylic acids is 3. The monoisotopic (exact) mass is 574 g/mol. The number of aryl methyl sites for hydroxylation is 1. The largest absolute Gasteiger partial charge is 0.507 e. The molecule has 8 nitrogen and oxygen atoms in total. The number of thiazole rings is 1. The highest BCUT2D eigenvalue weighted by atomic mass is 35.5. The molecule has 10 heteroatoms. The van der Waals surface area contributed by atoms with Crippen molar-refractivity contribution < 1.29 is 29.0 Å². The van der Waals surface area contributed by atoms with E-state index in [1.165, 1.54) is 12.0 Å². The lowest BCUT2D eigenvalue weighted by molar-refractivity contribution is -0.132. The van der Waals surface area contributed by atoms with Crippen LogP contribution in [0.4, 0.5) is 5.13 Å². The van der Waals surface area contributed by atoms with Crippen LogP contribution in [0, 0.1) is 6.92 Å². The number of anilines is 1. The van der Waals surface area contributed by atoms with Gasteiger partial charge in [-0.25, -0.2) is 9.78 Å². The first-order valence-corrected chi connectivity index (χ1v) is 13.4. The molecule has 1 atom stereocenters. The molecule has 1 aliphatic rings. The SMILES string of the molecule is COC(=O)c1sc(N2C(=O)C(=O)/C(=C(/O)c3ccc(Cl)cc3)C2c2cccc(OCc3ccccc3)c2)nc1C. The molecule has 2 heterocycles. The summed E-state index contributed by atoms with van der Waals surface area (Å²) in [5.74, 6) is -2.24. The Morgan fingerprint density at radius 1 is 1.05 bits per heavy atom. The number of amides is 1. The third kappa shape index (κ3) is 5.21. The van der Waals surface area contributed by atoms with Crippen LogP contribution in [0.1, 0.15) is 38.1 Å². The molecule has 1 saturated heterocycles. The van der Waals surface area contributed by atoms with Crippen molar-refractivity contribution in [2.24, 2.45) is 0 Å². The Bertz CT molecular complexity index is 1630. The quantitative estimate of drug-likeness (QED) is 0.123. The molecule has 1 aliphatic heterocycles. The van der Waals surface area contributed by atoms with Gasteiger partial charge in [-0.3, -0.25) is 14.5 Å². The lowest BCUT2D eigenvalue weighted by Gasteiger charge is -2.23. The smallest absolute Gasteiger partial charge is 0.350 e. The number of carbonyl (C=O) groups is 3. The highest BCUT2D eigenvalue weighted by molar-refractivity contribution is 7.17. The van der Waals surface area contributed by atoms with Gasteiger partial charge in [-0.1, -0.05) is 65.4 Å². The topological polar surface area (TPSA) is 106 Å². The van der Waals surface area contributed by atoms with E-state index in [-0.39, 0.29) is 21.3 Å². The number of esters is 1. The summed E-state index contributed by atoms with van der Waals surface area (Å²) in [5.41, 5.74) is 2.02. The summed E-state index contributed by atoms with van der Waals surface area (Å²) in [7, 11) is 1.25. The van der Waals surface area contributed by atoms with Gasteiger partial charge in [0.2, 0.25) is 0 Å². The molecule has 4 aromatic rings. The molecule has 40 heavy (non-hydrogen) atoms. The second-order valence-electron chi connectivity index (χ2n) is 8.93. The van der Waals surface area contributed by atoms with Crippen LogP contribution in [0.2, 0.25) is 5.02 Å². The van der Waals surface area contributed by atoms with Gasteiger partial charge in [0.1, 0.15) is 23.0 Å². The molecule has 0 bridgehead atoms. The van der Waals surface area contributed by atoms with Crippen LogP contribution < -0.4 is 9.64 Å². The molecular weight excluding hydrogens is 552 g/mol. The minimum absolute atomic E-state index is 0.121. The van der Waals surface area contributed by atoms with E-state index in [0.29, 0.717) is 34.2 Å². The predicted octanol–water partition coefficient (Wildman–Crippen LogP) is 6.10. The molecular formula is C30H23ClN2O6S. The van der Waals surface area contributed by atoms with E-state index >= 15 is 0 Å². The number of hydrogen-bond acceptors (Lipinski definition) is 8. The maximum Gasteiger partial charge on any atom is 0.350 e. The maximum atomic E-state index is 13.5. The van der Waals surface area contributed by atoms with Crippen molar-refractivity contribution in [1.82, 2.24) is 4.98 Å². The van der Waals surface area contributed by atoms with Gasteiger partial charge in [0.15, 0.2) is 5.13 Å². The number of ether oxygens (including phenoxy) is 2. The summed E-state index contributed by atoms with van der Waals surface area (Å²) in [5, 5.41) is 11.9.